The first-order valence-electron chi connectivity index (χ1n) is 0.919. The Morgan fingerprint density at radius 1 is 1.50 bits per heavy atom. The van der Waals surface area contributed by atoms with Gasteiger partial charge >= 0.3 is 31.7 Å². The van der Waals surface area contributed by atoms with Gasteiger partial charge in [-0.3, -0.25) is 4.70 Å². The Kier molecular flexibility index (Phi) is 11.7. The van der Waals surface area contributed by atoms with Gasteiger partial charge in [-0.2, -0.15) is 0 Å². The van der Waals surface area contributed by atoms with E-state index in [-0.39, 0.29) is 28.6 Å². The molecule has 0 amide bonds. The standard InChI is InChI=1S/FH2O4P.FH.Sn.2H/c1-5-6(2,3)4;;;;/h(H2,2,3,4);1H;;;. The summed E-state index contributed by atoms with van der Waals surface area (Å²) in [5.41, 5.74) is 0. The van der Waals surface area contributed by atoms with E-state index >= 15 is 0 Å². The molecule has 8 heteroatoms. The number of rotatable bonds is 1. The second-order valence-corrected chi connectivity index (χ2v) is 1.68. The van der Waals surface area contributed by atoms with Crippen LogP contribution in [0.2, 0.25) is 0 Å². The van der Waals surface area contributed by atoms with Crippen molar-refractivity contribution >= 4 is 31.7 Å². The minimum atomic E-state index is -4.81. The molecule has 0 spiro atoms. The molecule has 0 aromatic rings. The summed E-state index contributed by atoms with van der Waals surface area (Å²) < 4.78 is 21.4. The van der Waals surface area contributed by atoms with Crippen molar-refractivity contribution in [3.63, 3.8) is 0 Å². The van der Waals surface area contributed by atoms with Crippen molar-refractivity contribution in [3.8, 4) is 0 Å². The fraction of sp³-hybridized carbons (Fsp3) is 0. The van der Waals surface area contributed by atoms with Crippen molar-refractivity contribution in [3.05, 3.63) is 0 Å². The van der Waals surface area contributed by atoms with Crippen LogP contribution >= 0.6 is 7.82 Å². The molecule has 8 heavy (non-hydrogen) atoms. The molecule has 0 fully saturated rings. The van der Waals surface area contributed by atoms with E-state index in [2.05, 4.69) is 4.73 Å². The first-order valence-corrected chi connectivity index (χ1v) is 2.45. The molecule has 0 unspecified atom stereocenters. The van der Waals surface area contributed by atoms with Crippen LogP contribution in [-0.2, 0) is 9.29 Å². The predicted octanol–water partition coefficient (Wildman–Crippen LogP) is -0.784. The van der Waals surface area contributed by atoms with Crippen LogP contribution in [0.15, 0.2) is 0 Å². The summed E-state index contributed by atoms with van der Waals surface area (Å²) >= 11 is 0. The third kappa shape index (κ3) is 15.9. The topological polar surface area (TPSA) is 66.8 Å². The quantitative estimate of drug-likeness (QED) is 0.477. The zero-order valence-electron chi connectivity index (χ0n) is 3.65. The average Bonchev–Trinajstić information content (AvgIpc) is 1.35. The summed E-state index contributed by atoms with van der Waals surface area (Å²) in [5.74, 6) is 0. The van der Waals surface area contributed by atoms with Gasteiger partial charge in [-0.05, 0) is 4.53 Å². The second-order valence-electron chi connectivity index (χ2n) is 0.560. The van der Waals surface area contributed by atoms with Crippen LogP contribution in [0.25, 0.3) is 0 Å². The SMILES string of the molecule is F.O=P(O)(O)OF.[SnH2]. The molecule has 0 saturated heterocycles. The predicted molar refractivity (Wildman–Crippen MR) is 25.3 cm³/mol. The Morgan fingerprint density at radius 2 is 1.62 bits per heavy atom. The Bertz CT molecular complexity index is 78.1. The second kappa shape index (κ2) is 5.90. The molecular weight excluding hydrogens is 252 g/mol. The van der Waals surface area contributed by atoms with Gasteiger partial charge in [0.25, 0.3) is 0 Å². The van der Waals surface area contributed by atoms with Gasteiger partial charge < -0.3 is 9.79 Å². The molecule has 0 saturated carbocycles. The third-order valence-corrected chi connectivity index (χ3v) is 0.270. The minimum absolute atomic E-state index is 0. The van der Waals surface area contributed by atoms with E-state index in [1.165, 1.54) is 0 Å². The number of hydrogen-bond donors (Lipinski definition) is 2. The van der Waals surface area contributed by atoms with Crippen molar-refractivity contribution in [2.75, 3.05) is 0 Å². The molecule has 0 aliphatic carbocycles. The molecular formula is H5F2O4PSn. The maximum atomic E-state index is 10.2. The van der Waals surface area contributed by atoms with Gasteiger partial charge in [-0.1, -0.05) is 4.73 Å². The summed E-state index contributed by atoms with van der Waals surface area (Å²) in [6, 6.07) is 0. The van der Waals surface area contributed by atoms with Crippen LogP contribution in [0.3, 0.4) is 0 Å². The number of phosphoric acid groups is 1. The molecule has 2 N–H and O–H groups in total. The van der Waals surface area contributed by atoms with Gasteiger partial charge in [-0.25, -0.2) is 4.57 Å². The first-order chi connectivity index (χ1) is 2.56. The number of halogens is 2. The van der Waals surface area contributed by atoms with Crippen LogP contribution < -0.4 is 0 Å². The van der Waals surface area contributed by atoms with Crippen molar-refractivity contribution in [2.45, 2.75) is 0 Å². The molecule has 0 heterocycles. The molecule has 0 bridgehead atoms. The molecule has 0 aliphatic heterocycles. The van der Waals surface area contributed by atoms with E-state index < -0.39 is 7.82 Å². The molecule has 2 radical (unpaired) electrons. The van der Waals surface area contributed by atoms with E-state index in [4.69, 9.17) is 14.4 Å². The molecule has 4 nitrogen and oxygen atoms in total. The molecule has 0 aromatic heterocycles. The van der Waals surface area contributed by atoms with Gasteiger partial charge in [0.15, 0.2) is 0 Å². The molecule has 0 aliphatic rings. The summed E-state index contributed by atoms with van der Waals surface area (Å²) in [6.07, 6.45) is 0. The van der Waals surface area contributed by atoms with Gasteiger partial charge in [0, 0.05) is 0 Å². The van der Waals surface area contributed by atoms with Crippen molar-refractivity contribution in [1.29, 1.82) is 0 Å². The molecule has 0 atom stereocenters. The van der Waals surface area contributed by atoms with Gasteiger partial charge in [0.1, 0.15) is 0 Å². The van der Waals surface area contributed by atoms with Gasteiger partial charge in [-0.15, -0.1) is 0 Å². The third-order valence-electron chi connectivity index (χ3n) is 0.0899. The van der Waals surface area contributed by atoms with Gasteiger partial charge in [0.2, 0.25) is 0 Å². The first kappa shape index (κ1) is 15.9. The van der Waals surface area contributed by atoms with Crippen molar-refractivity contribution < 1.29 is 28.3 Å². The Balaban J connectivity index is -0.000000125. The summed E-state index contributed by atoms with van der Waals surface area (Å²) in [7, 11) is -4.81. The summed E-state index contributed by atoms with van der Waals surface area (Å²) in [4.78, 5) is 14.7. The zero-order chi connectivity index (χ0) is 5.21. The molecule has 52 valence electrons. The molecule has 0 aromatic carbocycles. The Morgan fingerprint density at radius 3 is 1.62 bits per heavy atom. The normalized spacial score (nSPS) is 8.88. The Labute approximate surface area is 60.5 Å². The fourth-order valence-electron chi connectivity index (χ4n) is 0. The molecule has 0 rings (SSSR count). The van der Waals surface area contributed by atoms with E-state index in [1.807, 2.05) is 0 Å². The number of hydrogen-bond acceptors (Lipinski definition) is 2. The van der Waals surface area contributed by atoms with Crippen LogP contribution in [0.1, 0.15) is 0 Å². The monoisotopic (exact) mass is 258 g/mol. The van der Waals surface area contributed by atoms with Crippen LogP contribution in [-0.4, -0.2) is 33.7 Å². The zero-order valence-corrected chi connectivity index (χ0v) is 8.58. The summed E-state index contributed by atoms with van der Waals surface area (Å²) in [5, 5.41) is 0. The van der Waals surface area contributed by atoms with E-state index in [9.17, 15) is 4.53 Å². The van der Waals surface area contributed by atoms with Crippen molar-refractivity contribution in [1.82, 2.24) is 0 Å². The van der Waals surface area contributed by atoms with Crippen LogP contribution in [0.5, 0.6) is 0 Å². The average molecular weight is 257 g/mol. The Hall–Kier alpha value is 0.769. The van der Waals surface area contributed by atoms with E-state index in [0.717, 1.165) is 0 Å². The maximum absolute atomic E-state index is 10.2. The van der Waals surface area contributed by atoms with E-state index in [0.29, 0.717) is 0 Å². The van der Waals surface area contributed by atoms with E-state index in [1.54, 1.807) is 0 Å². The van der Waals surface area contributed by atoms with Gasteiger partial charge in [0.05, 0.1) is 0 Å². The van der Waals surface area contributed by atoms with Crippen LogP contribution in [0.4, 0.5) is 9.23 Å². The van der Waals surface area contributed by atoms with Crippen molar-refractivity contribution in [2.24, 2.45) is 0 Å². The fourth-order valence-corrected chi connectivity index (χ4v) is 0. The van der Waals surface area contributed by atoms with Crippen LogP contribution in [0, 0.1) is 0 Å². The summed E-state index contributed by atoms with van der Waals surface area (Å²) in [6.45, 7) is 0.